The number of pyridine rings is 1. The van der Waals surface area contributed by atoms with Crippen LogP contribution in [0.15, 0.2) is 24.3 Å². The van der Waals surface area contributed by atoms with Gasteiger partial charge in [-0.1, -0.05) is 6.92 Å². The molecule has 2 N–H and O–H groups in total. The van der Waals surface area contributed by atoms with Gasteiger partial charge in [0.1, 0.15) is 0 Å². The largest absolute Gasteiger partial charge is 0.493 e. The fraction of sp³-hybridized carbons (Fsp3) is 0.387. The highest BCUT2D eigenvalue weighted by Gasteiger charge is 2.31. The van der Waals surface area contributed by atoms with E-state index in [1.807, 2.05) is 0 Å². The predicted octanol–water partition coefficient (Wildman–Crippen LogP) is 6.49. The number of fused-ring (bicyclic) bond motifs is 2. The number of benzene rings is 1. The van der Waals surface area contributed by atoms with Crippen LogP contribution < -0.4 is 18.9 Å². The van der Waals surface area contributed by atoms with Crippen LogP contribution in [0.5, 0.6) is 23.1 Å². The van der Waals surface area contributed by atoms with Crippen LogP contribution in [0, 0.1) is 17.2 Å². The first-order valence-corrected chi connectivity index (χ1v) is 15.5. The molecule has 45 heavy (non-hydrogen) atoms. The summed E-state index contributed by atoms with van der Waals surface area (Å²) in [4.78, 5) is 52.9. The van der Waals surface area contributed by atoms with Gasteiger partial charge >= 0.3 is 11.9 Å². The molecule has 3 heterocycles. The topological polar surface area (TPSA) is 159 Å². The Bertz CT molecular complexity index is 1780. The number of hydrogen-bond donors (Lipinski definition) is 2. The summed E-state index contributed by atoms with van der Waals surface area (Å²) in [6, 6.07) is 6.25. The second-order valence-electron chi connectivity index (χ2n) is 10.9. The predicted molar refractivity (Wildman–Crippen MR) is 166 cm³/mol. The molecule has 3 aromatic heterocycles. The van der Waals surface area contributed by atoms with E-state index in [-0.39, 0.29) is 59.5 Å². The molecule has 0 aliphatic rings. The minimum atomic E-state index is -1.26. The number of carboxylic acid groups (broad SMARTS) is 2. The van der Waals surface area contributed by atoms with Crippen molar-refractivity contribution in [1.29, 1.82) is 0 Å². The van der Waals surface area contributed by atoms with Crippen molar-refractivity contribution in [2.24, 2.45) is 11.3 Å². The van der Waals surface area contributed by atoms with Crippen LogP contribution >= 0.6 is 22.7 Å². The lowest BCUT2D eigenvalue weighted by molar-refractivity contribution is -0.146. The summed E-state index contributed by atoms with van der Waals surface area (Å²) in [7, 11) is 2.82. The molecule has 0 amide bonds. The second-order valence-corrected chi connectivity index (χ2v) is 13.1. The maximum atomic E-state index is 15.5. The van der Waals surface area contributed by atoms with Crippen molar-refractivity contribution in [2.75, 3.05) is 27.4 Å². The smallest absolute Gasteiger partial charge is 0.309 e. The van der Waals surface area contributed by atoms with Gasteiger partial charge in [0.15, 0.2) is 34.6 Å². The van der Waals surface area contributed by atoms with Gasteiger partial charge in [-0.3, -0.25) is 19.2 Å². The Morgan fingerprint density at radius 1 is 0.911 bits per heavy atom. The molecule has 0 aliphatic carbocycles. The van der Waals surface area contributed by atoms with Crippen molar-refractivity contribution in [2.45, 2.75) is 40.0 Å². The Morgan fingerprint density at radius 3 is 2.18 bits per heavy atom. The highest BCUT2D eigenvalue weighted by Crippen LogP contribution is 2.41. The number of carboxylic acids is 2. The number of rotatable bonds is 16. The Balaban J connectivity index is 1.42. The van der Waals surface area contributed by atoms with Crippen molar-refractivity contribution < 1.29 is 52.7 Å². The molecule has 4 aromatic rings. The Kier molecular flexibility index (Phi) is 10.3. The summed E-state index contributed by atoms with van der Waals surface area (Å²) >= 11 is 2.24. The summed E-state index contributed by atoms with van der Waals surface area (Å²) in [5.74, 6) is -3.80. The van der Waals surface area contributed by atoms with Crippen molar-refractivity contribution in [3.8, 4) is 23.1 Å². The average Bonchev–Trinajstić information content (AvgIpc) is 3.61. The molecule has 4 rings (SSSR count). The molecule has 0 radical (unpaired) electrons. The van der Waals surface area contributed by atoms with Crippen molar-refractivity contribution >= 4 is 66.5 Å². The number of nitrogens with zero attached hydrogens (tertiary/aromatic N) is 1. The number of carbonyl (C=O) groups is 4. The Morgan fingerprint density at radius 2 is 1.53 bits per heavy atom. The summed E-state index contributed by atoms with van der Waals surface area (Å²) in [5, 5.41) is 18.6. The molecule has 11 nitrogen and oxygen atoms in total. The number of aliphatic carboxylic acids is 2. The van der Waals surface area contributed by atoms with E-state index in [1.54, 1.807) is 18.2 Å². The summed E-state index contributed by atoms with van der Waals surface area (Å²) < 4.78 is 38.9. The van der Waals surface area contributed by atoms with Gasteiger partial charge in [0, 0.05) is 41.5 Å². The minimum Gasteiger partial charge on any atom is -0.493 e. The lowest BCUT2D eigenvalue weighted by Gasteiger charge is -2.16. The van der Waals surface area contributed by atoms with Gasteiger partial charge in [-0.25, -0.2) is 9.37 Å². The third-order valence-electron chi connectivity index (χ3n) is 6.98. The molecule has 0 bridgehead atoms. The molecule has 0 spiro atoms. The second kappa shape index (κ2) is 13.8. The fourth-order valence-electron chi connectivity index (χ4n) is 4.27. The number of carbonyl (C=O) groups excluding carboxylic acids is 2. The van der Waals surface area contributed by atoms with Gasteiger partial charge in [0.25, 0.3) is 5.88 Å². The van der Waals surface area contributed by atoms with E-state index in [9.17, 15) is 24.3 Å². The summed E-state index contributed by atoms with van der Waals surface area (Å²) in [5.41, 5.74) is -0.766. The molecule has 0 unspecified atom stereocenters. The van der Waals surface area contributed by atoms with E-state index in [0.717, 1.165) is 11.3 Å². The van der Waals surface area contributed by atoms with Gasteiger partial charge in [0.2, 0.25) is 0 Å². The molecule has 0 saturated heterocycles. The average molecular weight is 662 g/mol. The molecule has 1 atom stereocenters. The molecule has 0 fully saturated rings. The highest BCUT2D eigenvalue weighted by atomic mass is 32.1. The van der Waals surface area contributed by atoms with Crippen molar-refractivity contribution in [1.82, 2.24) is 4.98 Å². The molecular formula is C31H32FNO10S2. The van der Waals surface area contributed by atoms with Gasteiger partial charge in [0.05, 0.1) is 58.7 Å². The van der Waals surface area contributed by atoms with Crippen molar-refractivity contribution in [3.05, 3.63) is 39.8 Å². The van der Waals surface area contributed by atoms with Gasteiger partial charge in [-0.05, 0) is 26.0 Å². The van der Waals surface area contributed by atoms with Gasteiger partial charge in [-0.2, -0.15) is 0 Å². The molecular weight excluding hydrogens is 629 g/mol. The van der Waals surface area contributed by atoms with Gasteiger partial charge < -0.3 is 29.2 Å². The number of thiophene rings is 2. The van der Waals surface area contributed by atoms with Crippen LogP contribution in [-0.4, -0.2) is 66.1 Å². The molecule has 0 saturated carbocycles. The zero-order valence-corrected chi connectivity index (χ0v) is 26.9. The number of aromatic nitrogens is 1. The SMILES string of the molecule is COc1cc2sc(C(=O)C[C@H](C)C(=O)O)cc2nc1OCCCOc1c(OC)cc2sc(C(=O)CC(C)(C)C(=O)O)cc2c1F. The van der Waals surface area contributed by atoms with Crippen LogP contribution in [-0.2, 0) is 9.59 Å². The zero-order valence-electron chi connectivity index (χ0n) is 25.2. The maximum Gasteiger partial charge on any atom is 0.309 e. The maximum absolute atomic E-state index is 15.5. The van der Waals surface area contributed by atoms with E-state index < -0.39 is 34.9 Å². The van der Waals surface area contributed by atoms with Crippen LogP contribution in [0.1, 0.15) is 59.4 Å². The highest BCUT2D eigenvalue weighted by molar-refractivity contribution is 7.21. The number of halogens is 1. The normalized spacial score (nSPS) is 12.2. The van der Waals surface area contributed by atoms with E-state index in [2.05, 4.69) is 4.98 Å². The zero-order chi connectivity index (χ0) is 33.1. The summed E-state index contributed by atoms with van der Waals surface area (Å²) in [6.45, 7) is 4.56. The quantitative estimate of drug-likeness (QED) is 0.0998. The fourth-order valence-corrected chi connectivity index (χ4v) is 6.28. The van der Waals surface area contributed by atoms with Crippen LogP contribution in [0.3, 0.4) is 0 Å². The monoisotopic (exact) mass is 661 g/mol. The first-order chi connectivity index (χ1) is 21.2. The molecule has 1 aromatic carbocycles. The number of hydrogen-bond acceptors (Lipinski definition) is 11. The Hall–Kier alpha value is -4.30. The third kappa shape index (κ3) is 7.51. The van der Waals surface area contributed by atoms with Crippen LogP contribution in [0.25, 0.3) is 20.3 Å². The number of methoxy groups -OCH3 is 2. The van der Waals surface area contributed by atoms with Crippen molar-refractivity contribution in [3.63, 3.8) is 0 Å². The lowest BCUT2D eigenvalue weighted by Crippen LogP contribution is -2.26. The van der Waals surface area contributed by atoms with E-state index in [4.69, 9.17) is 24.1 Å². The number of ether oxygens (including phenoxy) is 4. The first kappa shape index (κ1) is 33.6. The van der Waals surface area contributed by atoms with E-state index >= 15 is 4.39 Å². The number of ketones is 2. The molecule has 14 heteroatoms. The Labute approximate surface area is 265 Å². The van der Waals surface area contributed by atoms with E-state index in [1.165, 1.54) is 52.4 Å². The standard InChI is InChI=1S/C31H32FNO10S2/c1-15(29(36)37)9-18(34)25-11-17-23(45-25)13-21(41-5)28(33-17)43-8-6-7-42-27-20(40-4)12-22-16(26(27)32)10-24(44-22)19(35)14-31(2,3)30(38)39/h10-13,15H,6-9,14H2,1-5H3,(H,36,37)(H,38,39)/t15-/m0/s1. The third-order valence-corrected chi connectivity index (χ3v) is 9.21. The van der Waals surface area contributed by atoms with E-state index in [0.29, 0.717) is 32.0 Å². The summed E-state index contributed by atoms with van der Waals surface area (Å²) in [6.07, 6.45) is -0.0407. The first-order valence-electron chi connectivity index (χ1n) is 13.8. The number of Topliss-reactive ketones (excluding diaryl/α,β-unsaturated/α-hetero) is 2. The van der Waals surface area contributed by atoms with Gasteiger partial charge in [-0.15, -0.1) is 22.7 Å². The molecule has 0 aliphatic heterocycles. The molecule has 240 valence electrons. The lowest BCUT2D eigenvalue weighted by atomic mass is 9.87. The van der Waals surface area contributed by atoms with Crippen LogP contribution in [0.4, 0.5) is 4.39 Å². The minimum absolute atomic E-state index is 0.0466. The van der Waals surface area contributed by atoms with Crippen LogP contribution in [0.2, 0.25) is 0 Å².